The van der Waals surface area contributed by atoms with Crippen molar-refractivity contribution in [3.63, 3.8) is 0 Å². The second-order valence-electron chi connectivity index (χ2n) is 29.8. The van der Waals surface area contributed by atoms with Crippen molar-refractivity contribution in [1.82, 2.24) is 47.9 Å². The van der Waals surface area contributed by atoms with Crippen molar-refractivity contribution in [1.29, 1.82) is 0 Å². The van der Waals surface area contributed by atoms with E-state index in [1.165, 1.54) is 19.2 Å². The molecule has 12 rings (SSSR count). The van der Waals surface area contributed by atoms with Crippen molar-refractivity contribution < 1.29 is 118 Å². The number of phenolic OH excluding ortho intramolecular Hbond substituents is 3. The van der Waals surface area contributed by atoms with Crippen LogP contribution in [0.4, 0.5) is 0 Å². The highest BCUT2D eigenvalue weighted by atomic mass is 35.5. The Morgan fingerprint density at radius 2 is 1.30 bits per heavy atom. The van der Waals surface area contributed by atoms with Gasteiger partial charge >= 0.3 is 5.97 Å². The minimum Gasteiger partial charge on any atom is -0.508 e. The van der Waals surface area contributed by atoms with Gasteiger partial charge in [-0.05, 0) is 117 Å². The molecule has 0 radical (unpaired) electrons. The van der Waals surface area contributed by atoms with E-state index in [4.69, 9.17) is 63.1 Å². The lowest BCUT2D eigenvalue weighted by Gasteiger charge is -2.48. The second-order valence-corrected chi connectivity index (χ2v) is 30.6. The molecular weight excluding hydrogens is 1550 g/mol. The van der Waals surface area contributed by atoms with Crippen molar-refractivity contribution in [3.05, 3.63) is 117 Å². The number of halogens is 2. The second kappa shape index (κ2) is 38.4. The molecule has 0 unspecified atom stereocenters. The number of aromatic hydroxyl groups is 3. The van der Waals surface area contributed by atoms with Crippen LogP contribution in [-0.4, -0.2) is 205 Å². The Morgan fingerprint density at radius 1 is 0.687 bits per heavy atom. The third-order valence-electron chi connectivity index (χ3n) is 20.8. The van der Waals surface area contributed by atoms with Gasteiger partial charge in [0.05, 0.1) is 34.7 Å². The monoisotopic (exact) mass is 1640 g/mol. The predicted octanol–water partition coefficient (Wildman–Crippen LogP) is 2.96. The summed E-state index contributed by atoms with van der Waals surface area (Å²) in [6.07, 6.45) is -10.6. The number of carbonyl (C=O) groups is 9. The van der Waals surface area contributed by atoms with Gasteiger partial charge in [-0.25, -0.2) is 4.79 Å². The molecule has 35 nitrogen and oxygen atoms in total. The van der Waals surface area contributed by atoms with Crippen molar-refractivity contribution in [2.24, 2.45) is 17.4 Å². The Labute approximate surface area is 671 Å². The van der Waals surface area contributed by atoms with Crippen LogP contribution in [0.25, 0.3) is 11.1 Å². The number of nitrogens with one attached hydrogen (secondary N) is 9. The van der Waals surface area contributed by atoms with E-state index < -0.39 is 231 Å². The molecule has 7 aliphatic heterocycles. The van der Waals surface area contributed by atoms with E-state index in [2.05, 4.69) is 54.8 Å². The van der Waals surface area contributed by atoms with Crippen LogP contribution in [0.15, 0.2) is 78.9 Å². The fourth-order valence-corrected chi connectivity index (χ4v) is 15.0. The first-order valence-corrected chi connectivity index (χ1v) is 38.7. The summed E-state index contributed by atoms with van der Waals surface area (Å²) < 4.78 is 39.6. The molecular formula is C78H99Cl2N11O24. The first kappa shape index (κ1) is 87.7. The number of rotatable bonds is 25. The highest BCUT2D eigenvalue weighted by Crippen LogP contribution is 2.50. The van der Waals surface area contributed by atoms with Gasteiger partial charge in [0, 0.05) is 60.8 Å². The molecule has 22 N–H and O–H groups in total. The number of benzene rings is 5. The van der Waals surface area contributed by atoms with Gasteiger partial charge in [-0.15, -0.1) is 0 Å². The Balaban J connectivity index is 1.15. The maximum absolute atomic E-state index is 16.2. The van der Waals surface area contributed by atoms with Crippen LogP contribution in [0, 0.1) is 5.92 Å². The molecule has 7 aliphatic rings. The average Bonchev–Trinajstić information content (AvgIpc) is 0.768. The summed E-state index contributed by atoms with van der Waals surface area (Å²) in [7, 11) is 1.48. The minimum atomic E-state index is -2.35. The van der Waals surface area contributed by atoms with Crippen LogP contribution in [0.2, 0.25) is 10.0 Å². The maximum Gasteiger partial charge on any atom is 0.330 e. The number of unbranched alkanes of at least 4 members (excludes halogenated alkanes) is 6. The van der Waals surface area contributed by atoms with E-state index in [-0.39, 0.29) is 71.0 Å². The van der Waals surface area contributed by atoms with Crippen LogP contribution in [0.1, 0.15) is 163 Å². The van der Waals surface area contributed by atoms with Crippen LogP contribution in [0.5, 0.6) is 46.0 Å². The van der Waals surface area contributed by atoms with E-state index in [0.717, 1.165) is 112 Å². The average molecular weight is 1650 g/mol. The Hall–Kier alpha value is -9.73. The number of phenols is 3. The number of aliphatic hydroxyl groups excluding tert-OH is 5. The lowest BCUT2D eigenvalue weighted by Crippen LogP contribution is -2.66. The van der Waals surface area contributed by atoms with E-state index >= 15 is 14.4 Å². The number of hydrogen-bond donors (Lipinski definition) is 20. The number of aliphatic carboxylic acids is 1. The standard InChI is InChI=1S/C78H99Cl2N11O24/c1-7-8-9-10-11-12-13-14-55(96)84-21-22-85-78(5)32-56(110-35(4)69(78)101)114-68-66(100)65(99)53(33-81)113-77(68)115-67-51-27-39-28-52(67)112-50-20-17-38(26-44(50)80)64(98)62-75(107)89-60(76(108)109)42-29-40(92)30-48(94)57(42)41-24-36(15-18-47(41)93)58(72(104)91-62)88-73(105)59(39)87-71(103)46(31-54(82)95)86-74(106)61(90-70(102)45(83-6)23-34(2)3)63(97)37-16-19-49(111-51)43(79)25-37/h15-20,24-30,34-35,45-46,53,56,58-66,68-69,77,83,85,92-94,97-101H,7-14,21-23,31-33,81H2,1-6H3,(H2,82,95)(H,84,96)(H,86,106)(H,87,103)(H,88,105)(H,89,107)(H,90,102)(H,91,104)(H,108,109)/t35-,45+,46-,53+,56-,58+,59+,60-,61+,62-,63+,64+,65+,66-,68+,69+,77-,78-/m0/s1. The number of aliphatic hydroxyl groups is 5. The quantitative estimate of drug-likeness (QED) is 0.0373. The van der Waals surface area contributed by atoms with Crippen molar-refractivity contribution in [3.8, 4) is 57.1 Å². The molecule has 0 spiro atoms. The van der Waals surface area contributed by atoms with Gasteiger partial charge in [-0.3, -0.25) is 38.4 Å². The molecule has 0 aliphatic carbocycles. The molecule has 37 heteroatoms. The highest BCUT2D eigenvalue weighted by molar-refractivity contribution is 6.32. The van der Waals surface area contributed by atoms with Crippen LogP contribution in [-0.2, 0) is 57.4 Å². The summed E-state index contributed by atoms with van der Waals surface area (Å²) in [6.45, 7) is 8.89. The summed E-state index contributed by atoms with van der Waals surface area (Å²) in [5.74, 6) is -16.0. The number of hydrogen-bond acceptors (Lipinski definition) is 26. The molecule has 5 aromatic rings. The van der Waals surface area contributed by atoms with Crippen LogP contribution < -0.4 is 73.5 Å². The fraction of sp³-hybridized carbons (Fsp3) is 0.500. The number of ether oxygens (including phenoxy) is 6. The molecule has 5 aromatic carbocycles. The fourth-order valence-electron chi connectivity index (χ4n) is 14.6. The number of primary amides is 1. The van der Waals surface area contributed by atoms with E-state index in [1.54, 1.807) is 13.8 Å². The highest BCUT2D eigenvalue weighted by Gasteiger charge is 2.52. The molecule has 7 heterocycles. The molecule has 18 atom stereocenters. The number of amides is 8. The van der Waals surface area contributed by atoms with Gasteiger partial charge in [0.15, 0.2) is 29.9 Å². The summed E-state index contributed by atoms with van der Waals surface area (Å²) in [4.78, 5) is 131. The lowest BCUT2D eigenvalue weighted by molar-refractivity contribution is -0.331. The number of fused-ring (bicyclic) bond motifs is 15. The zero-order valence-electron chi connectivity index (χ0n) is 63.9. The third-order valence-corrected chi connectivity index (χ3v) is 21.4. The largest absolute Gasteiger partial charge is 0.508 e. The zero-order chi connectivity index (χ0) is 83.6. The number of nitrogens with two attached hydrogens (primary N) is 2. The predicted molar refractivity (Wildman–Crippen MR) is 411 cm³/mol. The Morgan fingerprint density at radius 3 is 1.92 bits per heavy atom. The number of likely N-dealkylation sites (N-methyl/N-ethyl adjacent to an activating group) is 1. The van der Waals surface area contributed by atoms with Gasteiger partial charge in [0.25, 0.3) is 0 Å². The van der Waals surface area contributed by atoms with Crippen LogP contribution >= 0.6 is 23.2 Å². The van der Waals surface area contributed by atoms with Crippen molar-refractivity contribution >= 4 is 76.4 Å². The van der Waals surface area contributed by atoms with E-state index in [1.807, 2.05) is 13.8 Å². The Bertz CT molecular complexity index is 4430. The number of carboxylic acids is 1. The van der Waals surface area contributed by atoms with E-state index in [9.17, 15) is 74.7 Å². The molecule has 0 aromatic heterocycles. The number of carbonyl (C=O) groups excluding carboxylic acids is 8. The topological polar surface area (TPSA) is 551 Å². The maximum atomic E-state index is 16.2. The van der Waals surface area contributed by atoms with Crippen molar-refractivity contribution in [2.75, 3.05) is 26.7 Å². The minimum absolute atomic E-state index is 0.102. The van der Waals surface area contributed by atoms with Gasteiger partial charge in [0.1, 0.15) is 89.5 Å². The van der Waals surface area contributed by atoms with E-state index in [0.29, 0.717) is 6.42 Å². The summed E-state index contributed by atoms with van der Waals surface area (Å²) in [6, 6.07) is -0.475. The Kier molecular flexibility index (Phi) is 29.2. The molecule has 2 fully saturated rings. The molecule has 8 amide bonds. The molecule has 11 bridgehead atoms. The first-order valence-electron chi connectivity index (χ1n) is 37.9. The van der Waals surface area contributed by atoms with Gasteiger partial charge in [-0.2, -0.15) is 0 Å². The third kappa shape index (κ3) is 20.7. The van der Waals surface area contributed by atoms with Gasteiger partial charge in [0.2, 0.25) is 59.3 Å². The summed E-state index contributed by atoms with van der Waals surface area (Å²) in [5, 5.41) is 128. The smallest absolute Gasteiger partial charge is 0.330 e. The normalized spacial score (nSPS) is 27.2. The zero-order valence-corrected chi connectivity index (χ0v) is 65.4. The van der Waals surface area contributed by atoms with Gasteiger partial charge in [-0.1, -0.05) is 101 Å². The molecule has 624 valence electrons. The molecule has 115 heavy (non-hydrogen) atoms. The summed E-state index contributed by atoms with van der Waals surface area (Å²) >= 11 is 14.3. The summed E-state index contributed by atoms with van der Waals surface area (Å²) in [5.41, 5.74) is 7.96. The molecule has 0 saturated carbocycles. The van der Waals surface area contributed by atoms with Gasteiger partial charge < -0.3 is 134 Å². The van der Waals surface area contributed by atoms with Crippen LogP contribution in [0.3, 0.4) is 0 Å². The first-order chi connectivity index (χ1) is 54.6. The number of carboxylic acid groups (broad SMARTS) is 1. The van der Waals surface area contributed by atoms with Crippen molar-refractivity contribution in [2.45, 2.75) is 214 Å². The lowest BCUT2D eigenvalue weighted by atomic mass is 9.85. The molecule has 2 saturated heterocycles. The SMILES string of the molecule is CCCCCCCCCC(=O)NCCN[C@@]1(C)C[C@H](O[C@H]2[C@H](Oc3c4cc5cc3Oc3ccc(cc3Cl)[C@@H](O)[C@@H](NC(=O)[C@@H](CC(C)C)NC)C(=O)N[C@@H](CC(N)=O)C(=O)N[C@H]5C(=O)N[C@H]3C(=O)N[C@H](C(=O)N[C@H](C(=O)O)c5cc(O)cc(O)c5-c5cc3ccc5O)[C@H](O)c3ccc(c(Cl)c3)O4)O[C@H](CN)[C@@H](O)[C@@H]2O)O[C@@H](C)[C@H]1O.